The minimum Gasteiger partial charge on any atom is -0.490 e. The number of para-hydroxylation sites is 1. The van der Waals surface area contributed by atoms with Gasteiger partial charge >= 0.3 is 5.97 Å². The summed E-state index contributed by atoms with van der Waals surface area (Å²) in [6.45, 7) is 3.86. The van der Waals surface area contributed by atoms with Gasteiger partial charge in [-0.05, 0) is 55.8 Å². The van der Waals surface area contributed by atoms with Crippen LogP contribution in [0, 0.1) is 5.82 Å². The van der Waals surface area contributed by atoms with Crippen LogP contribution in [0.5, 0.6) is 5.75 Å². The lowest BCUT2D eigenvalue weighted by Crippen LogP contribution is -2.09. The van der Waals surface area contributed by atoms with E-state index in [1.165, 1.54) is 24.3 Å². The summed E-state index contributed by atoms with van der Waals surface area (Å²) in [5.41, 5.74) is 2.38. The molecule has 144 valence electrons. The van der Waals surface area contributed by atoms with Crippen molar-refractivity contribution in [2.75, 3.05) is 0 Å². The van der Waals surface area contributed by atoms with E-state index in [2.05, 4.69) is 4.98 Å². The molecule has 4 nitrogen and oxygen atoms in total. The molecule has 1 aromatic heterocycles. The van der Waals surface area contributed by atoms with E-state index >= 15 is 0 Å². The molecule has 0 saturated heterocycles. The molecule has 0 aliphatic heterocycles. The number of rotatable bonds is 6. The van der Waals surface area contributed by atoms with Gasteiger partial charge in [0.2, 0.25) is 0 Å². The van der Waals surface area contributed by atoms with Crippen molar-refractivity contribution < 1.29 is 19.0 Å². The summed E-state index contributed by atoms with van der Waals surface area (Å²) in [6.07, 6.45) is 0.152. The SMILES string of the molecule is CC(C)Oc1ccccc1-c1ccc(C(=O)O)c(Cc2ccc(F)cc2Cl)n1. The molecule has 0 aliphatic carbocycles. The molecule has 0 fully saturated rings. The Morgan fingerprint density at radius 2 is 1.93 bits per heavy atom. The largest absolute Gasteiger partial charge is 0.490 e. The second kappa shape index (κ2) is 8.40. The maximum Gasteiger partial charge on any atom is 0.337 e. The van der Waals surface area contributed by atoms with Gasteiger partial charge in [-0.15, -0.1) is 0 Å². The number of carbonyl (C=O) groups is 1. The average molecular weight is 400 g/mol. The number of aromatic nitrogens is 1. The zero-order chi connectivity index (χ0) is 20.3. The molecule has 0 radical (unpaired) electrons. The number of carboxylic acids is 1. The van der Waals surface area contributed by atoms with Crippen LogP contribution in [0.3, 0.4) is 0 Å². The third-order valence-corrected chi connectivity index (χ3v) is 4.46. The van der Waals surface area contributed by atoms with Crippen LogP contribution < -0.4 is 4.74 Å². The highest BCUT2D eigenvalue weighted by Gasteiger charge is 2.17. The van der Waals surface area contributed by atoms with E-state index in [1.54, 1.807) is 6.07 Å². The Labute approximate surface area is 167 Å². The molecule has 1 heterocycles. The van der Waals surface area contributed by atoms with Crippen LogP contribution in [0.25, 0.3) is 11.3 Å². The topological polar surface area (TPSA) is 59.4 Å². The van der Waals surface area contributed by atoms with E-state index in [-0.39, 0.29) is 23.1 Å². The third kappa shape index (κ3) is 4.49. The molecular formula is C22H19ClFNO3. The summed E-state index contributed by atoms with van der Waals surface area (Å²) in [5, 5.41) is 9.76. The average Bonchev–Trinajstić information content (AvgIpc) is 2.64. The van der Waals surface area contributed by atoms with Gasteiger partial charge in [-0.3, -0.25) is 4.98 Å². The van der Waals surface area contributed by atoms with E-state index < -0.39 is 11.8 Å². The number of carboxylic acid groups (broad SMARTS) is 1. The monoisotopic (exact) mass is 399 g/mol. The molecule has 0 bridgehead atoms. The van der Waals surface area contributed by atoms with Gasteiger partial charge in [-0.25, -0.2) is 9.18 Å². The molecule has 0 amide bonds. The molecule has 0 atom stereocenters. The van der Waals surface area contributed by atoms with E-state index in [1.807, 2.05) is 38.1 Å². The number of nitrogens with zero attached hydrogens (tertiary/aromatic N) is 1. The van der Waals surface area contributed by atoms with Gasteiger partial charge < -0.3 is 9.84 Å². The molecule has 0 spiro atoms. The summed E-state index contributed by atoms with van der Waals surface area (Å²) in [4.78, 5) is 16.2. The first-order valence-electron chi connectivity index (χ1n) is 8.78. The van der Waals surface area contributed by atoms with Crippen molar-refractivity contribution in [2.24, 2.45) is 0 Å². The number of hydrogen-bond acceptors (Lipinski definition) is 3. The van der Waals surface area contributed by atoms with Gasteiger partial charge in [-0.2, -0.15) is 0 Å². The Hall–Kier alpha value is -2.92. The minimum absolute atomic E-state index is 0.0167. The predicted molar refractivity (Wildman–Crippen MR) is 107 cm³/mol. The van der Waals surface area contributed by atoms with E-state index in [9.17, 15) is 14.3 Å². The van der Waals surface area contributed by atoms with Gasteiger partial charge in [0.1, 0.15) is 11.6 Å². The first-order chi connectivity index (χ1) is 13.3. The molecule has 0 unspecified atom stereocenters. The Balaban J connectivity index is 2.07. The van der Waals surface area contributed by atoms with Crippen LogP contribution >= 0.6 is 11.6 Å². The Morgan fingerprint density at radius 3 is 2.61 bits per heavy atom. The second-order valence-electron chi connectivity index (χ2n) is 6.57. The highest BCUT2D eigenvalue weighted by atomic mass is 35.5. The zero-order valence-corrected chi connectivity index (χ0v) is 16.2. The molecule has 1 N–H and O–H groups in total. The summed E-state index contributed by atoms with van der Waals surface area (Å²) in [7, 11) is 0. The third-order valence-electron chi connectivity index (χ3n) is 4.10. The molecular weight excluding hydrogens is 381 g/mol. The molecule has 2 aromatic carbocycles. The molecule has 28 heavy (non-hydrogen) atoms. The molecule has 6 heteroatoms. The van der Waals surface area contributed by atoms with E-state index in [4.69, 9.17) is 16.3 Å². The Kier molecular flexibility index (Phi) is 5.95. The fourth-order valence-electron chi connectivity index (χ4n) is 2.86. The highest BCUT2D eigenvalue weighted by Crippen LogP contribution is 2.31. The minimum atomic E-state index is -1.08. The summed E-state index contributed by atoms with van der Waals surface area (Å²) >= 11 is 6.12. The molecule has 0 saturated carbocycles. The fraction of sp³-hybridized carbons (Fsp3) is 0.182. The second-order valence-corrected chi connectivity index (χ2v) is 6.98. The van der Waals surface area contributed by atoms with Crippen molar-refractivity contribution in [3.05, 3.63) is 82.3 Å². The Bertz CT molecular complexity index is 1020. The van der Waals surface area contributed by atoms with Gasteiger partial charge in [0.25, 0.3) is 0 Å². The van der Waals surface area contributed by atoms with Crippen molar-refractivity contribution in [1.29, 1.82) is 0 Å². The lowest BCUT2D eigenvalue weighted by Gasteiger charge is -2.15. The molecule has 3 rings (SSSR count). The number of benzene rings is 2. The van der Waals surface area contributed by atoms with Crippen molar-refractivity contribution >= 4 is 17.6 Å². The van der Waals surface area contributed by atoms with Crippen molar-refractivity contribution in [1.82, 2.24) is 4.98 Å². The Morgan fingerprint density at radius 1 is 1.18 bits per heavy atom. The number of pyridine rings is 1. The summed E-state index contributed by atoms with van der Waals surface area (Å²) in [5.74, 6) is -0.869. The van der Waals surface area contributed by atoms with E-state index in [0.717, 1.165) is 5.56 Å². The van der Waals surface area contributed by atoms with Gasteiger partial charge in [0, 0.05) is 17.0 Å². The molecule has 3 aromatic rings. The number of ether oxygens (including phenoxy) is 1. The van der Waals surface area contributed by atoms with Crippen molar-refractivity contribution in [3.63, 3.8) is 0 Å². The van der Waals surface area contributed by atoms with Crippen LogP contribution in [-0.4, -0.2) is 22.2 Å². The molecule has 0 aliphatic rings. The standard InChI is InChI=1S/C22H19ClFNO3/c1-13(2)28-21-6-4-3-5-16(21)19-10-9-17(22(26)27)20(25-19)11-14-7-8-15(24)12-18(14)23/h3-10,12-13H,11H2,1-2H3,(H,26,27). The maximum absolute atomic E-state index is 13.3. The van der Waals surface area contributed by atoms with Gasteiger partial charge in [0.05, 0.1) is 23.1 Å². The summed E-state index contributed by atoms with van der Waals surface area (Å²) < 4.78 is 19.2. The number of hydrogen-bond donors (Lipinski definition) is 1. The number of aromatic carboxylic acids is 1. The maximum atomic E-state index is 13.3. The van der Waals surface area contributed by atoms with Crippen LogP contribution in [-0.2, 0) is 6.42 Å². The number of halogens is 2. The first kappa shape index (κ1) is 19.8. The van der Waals surface area contributed by atoms with E-state index in [0.29, 0.717) is 22.7 Å². The van der Waals surface area contributed by atoms with Crippen LogP contribution in [0.4, 0.5) is 4.39 Å². The predicted octanol–water partition coefficient (Wildman–Crippen LogP) is 5.62. The normalized spacial score (nSPS) is 10.9. The van der Waals surface area contributed by atoms with Gasteiger partial charge in [0.15, 0.2) is 0 Å². The van der Waals surface area contributed by atoms with Crippen LogP contribution in [0.2, 0.25) is 5.02 Å². The van der Waals surface area contributed by atoms with Crippen LogP contribution in [0.1, 0.15) is 35.5 Å². The fourth-order valence-corrected chi connectivity index (χ4v) is 3.10. The first-order valence-corrected chi connectivity index (χ1v) is 9.16. The zero-order valence-electron chi connectivity index (χ0n) is 15.4. The van der Waals surface area contributed by atoms with Crippen molar-refractivity contribution in [2.45, 2.75) is 26.4 Å². The lowest BCUT2D eigenvalue weighted by atomic mass is 10.0. The highest BCUT2D eigenvalue weighted by molar-refractivity contribution is 6.31. The smallest absolute Gasteiger partial charge is 0.337 e. The van der Waals surface area contributed by atoms with Crippen molar-refractivity contribution in [3.8, 4) is 17.0 Å². The summed E-state index contributed by atoms with van der Waals surface area (Å²) in [6, 6.07) is 14.6. The quantitative estimate of drug-likeness (QED) is 0.584. The van der Waals surface area contributed by atoms with Crippen LogP contribution in [0.15, 0.2) is 54.6 Å². The lowest BCUT2D eigenvalue weighted by molar-refractivity contribution is 0.0695. The van der Waals surface area contributed by atoms with Gasteiger partial charge in [-0.1, -0.05) is 29.8 Å².